The fourth-order valence-electron chi connectivity index (χ4n) is 3.05. The quantitative estimate of drug-likeness (QED) is 0.423. The lowest BCUT2D eigenvalue weighted by Crippen LogP contribution is -2.35. The van der Waals surface area contributed by atoms with Crippen molar-refractivity contribution in [3.8, 4) is 0 Å². The van der Waals surface area contributed by atoms with Gasteiger partial charge in [-0.1, -0.05) is 32.1 Å². The second-order valence-electron chi connectivity index (χ2n) is 7.50. The number of esters is 1. The smallest absolute Gasteiger partial charge is 0.343 e. The van der Waals surface area contributed by atoms with Crippen LogP contribution in [0.5, 0.6) is 0 Å². The summed E-state index contributed by atoms with van der Waals surface area (Å²) in [5.41, 5.74) is 4.94. The average Bonchev–Trinajstić information content (AvgIpc) is 2.54. The molecule has 3 heteroatoms. The third kappa shape index (κ3) is 4.22. The fraction of sp³-hybridized carbons (Fsp3) is 0.409. The first-order valence-corrected chi connectivity index (χ1v) is 8.74. The molecule has 0 unspecified atom stereocenters. The molecule has 3 nitrogen and oxygen atoms in total. The number of hydrogen-bond donors (Lipinski definition) is 0. The van der Waals surface area contributed by atoms with Crippen LogP contribution in [0.2, 0.25) is 0 Å². The van der Waals surface area contributed by atoms with Gasteiger partial charge in [-0.2, -0.15) is 0 Å². The van der Waals surface area contributed by atoms with Crippen molar-refractivity contribution in [1.82, 2.24) is 0 Å². The highest BCUT2D eigenvalue weighted by atomic mass is 16.5. The van der Waals surface area contributed by atoms with Crippen molar-refractivity contribution >= 4 is 11.7 Å². The molecule has 0 aliphatic carbocycles. The Morgan fingerprint density at radius 2 is 2.00 bits per heavy atom. The summed E-state index contributed by atoms with van der Waals surface area (Å²) in [6.07, 6.45) is 6.45. The van der Waals surface area contributed by atoms with Crippen LogP contribution >= 0.6 is 0 Å². The van der Waals surface area contributed by atoms with E-state index in [-0.39, 0.29) is 11.4 Å². The van der Waals surface area contributed by atoms with Gasteiger partial charge in [0.2, 0.25) is 0 Å². The lowest BCUT2D eigenvalue weighted by molar-refractivity contribution is 0.0635. The van der Waals surface area contributed by atoms with Crippen molar-refractivity contribution in [2.24, 2.45) is 0 Å². The van der Waals surface area contributed by atoms with Crippen LogP contribution in [0.1, 0.15) is 55.6 Å². The van der Waals surface area contributed by atoms with E-state index >= 15 is 0 Å². The first-order valence-electron chi connectivity index (χ1n) is 8.74. The largest absolute Gasteiger partial charge is 0.423 e. The molecule has 134 valence electrons. The molecule has 0 fully saturated rings. The highest BCUT2D eigenvalue weighted by Crippen LogP contribution is 2.40. The monoisotopic (exact) mass is 339 g/mol. The summed E-state index contributed by atoms with van der Waals surface area (Å²) in [4.78, 5) is 15.0. The van der Waals surface area contributed by atoms with E-state index in [0.717, 1.165) is 24.1 Å². The molecule has 25 heavy (non-hydrogen) atoms. The Hall–Kier alpha value is -2.29. The average molecular weight is 339 g/mol. The van der Waals surface area contributed by atoms with E-state index in [2.05, 4.69) is 38.4 Å². The van der Waals surface area contributed by atoms with E-state index in [1.807, 2.05) is 32.9 Å². The van der Waals surface area contributed by atoms with Crippen molar-refractivity contribution in [2.45, 2.75) is 46.5 Å². The van der Waals surface area contributed by atoms with Gasteiger partial charge in [0, 0.05) is 19.3 Å². The molecule has 0 amide bonds. The van der Waals surface area contributed by atoms with Crippen LogP contribution in [0.25, 0.3) is 0 Å². The summed E-state index contributed by atoms with van der Waals surface area (Å²) in [6, 6.07) is 4.12. The fourth-order valence-corrected chi connectivity index (χ4v) is 3.05. The van der Waals surface area contributed by atoms with Gasteiger partial charge in [0.05, 0.1) is 5.56 Å². The first kappa shape index (κ1) is 19.0. The van der Waals surface area contributed by atoms with Gasteiger partial charge in [0.15, 0.2) is 0 Å². The molecule has 1 aromatic carbocycles. The summed E-state index contributed by atoms with van der Waals surface area (Å²) in [7, 11) is 2.10. The highest BCUT2D eigenvalue weighted by Gasteiger charge is 2.31. The molecular weight excluding hydrogens is 310 g/mol. The Morgan fingerprint density at radius 1 is 1.32 bits per heavy atom. The number of aryl methyl sites for hydroxylation is 1. The number of hydrogen-bond acceptors (Lipinski definition) is 3. The van der Waals surface area contributed by atoms with Crippen molar-refractivity contribution in [3.63, 3.8) is 0 Å². The third-order valence-electron chi connectivity index (χ3n) is 4.80. The second-order valence-corrected chi connectivity index (χ2v) is 7.50. The van der Waals surface area contributed by atoms with Crippen LogP contribution in [-0.2, 0) is 10.2 Å². The molecule has 1 aliphatic rings. The van der Waals surface area contributed by atoms with Crippen LogP contribution in [0.3, 0.4) is 0 Å². The second kappa shape index (κ2) is 7.30. The summed E-state index contributed by atoms with van der Waals surface area (Å²) >= 11 is 0. The number of carbonyl (C=O) groups is 1. The summed E-state index contributed by atoms with van der Waals surface area (Å²) in [5, 5.41) is 0. The summed E-state index contributed by atoms with van der Waals surface area (Å²) in [5.74, 6) is 0.213. The normalized spacial score (nSPS) is 16.7. The maximum absolute atomic E-state index is 12.7. The van der Waals surface area contributed by atoms with Gasteiger partial charge in [0.25, 0.3) is 0 Å². The molecular formula is C22H29NO2. The number of carbonyl (C=O) groups excluding carboxylic acids is 1. The zero-order valence-electron chi connectivity index (χ0n) is 16.3. The molecule has 0 saturated heterocycles. The van der Waals surface area contributed by atoms with Crippen molar-refractivity contribution in [2.75, 3.05) is 18.5 Å². The van der Waals surface area contributed by atoms with E-state index in [1.165, 1.54) is 11.3 Å². The minimum atomic E-state index is -0.316. The Bertz CT molecular complexity index is 754. The molecule has 0 bridgehead atoms. The van der Waals surface area contributed by atoms with Crippen molar-refractivity contribution in [1.29, 1.82) is 0 Å². The van der Waals surface area contributed by atoms with Crippen molar-refractivity contribution in [3.05, 3.63) is 65.0 Å². The van der Waals surface area contributed by atoms with E-state index in [4.69, 9.17) is 4.74 Å². The lowest BCUT2D eigenvalue weighted by atomic mass is 9.76. The molecule has 0 saturated carbocycles. The minimum absolute atomic E-state index is 0.0495. The van der Waals surface area contributed by atoms with E-state index in [9.17, 15) is 4.79 Å². The predicted octanol–water partition coefficient (Wildman–Crippen LogP) is 5.31. The SMILES string of the molecule is C=C(C)/C=C\C(=C/C)OC(=O)c1cc2c(cc1C)N(C)CCC2(C)C. The number of anilines is 1. The number of ether oxygens (including phenoxy) is 1. The van der Waals surface area contributed by atoms with Gasteiger partial charge in [-0.25, -0.2) is 4.79 Å². The van der Waals surface area contributed by atoms with Crippen LogP contribution in [0, 0.1) is 6.92 Å². The topological polar surface area (TPSA) is 29.5 Å². The number of benzene rings is 1. The van der Waals surface area contributed by atoms with Gasteiger partial charge < -0.3 is 9.64 Å². The summed E-state index contributed by atoms with van der Waals surface area (Å²) in [6.45, 7) is 15.0. The zero-order chi connectivity index (χ0) is 18.8. The van der Waals surface area contributed by atoms with Crippen LogP contribution in [0.4, 0.5) is 5.69 Å². The van der Waals surface area contributed by atoms with Crippen molar-refractivity contribution < 1.29 is 9.53 Å². The first-order chi connectivity index (χ1) is 11.7. The third-order valence-corrected chi connectivity index (χ3v) is 4.80. The Balaban J connectivity index is 2.36. The van der Waals surface area contributed by atoms with Gasteiger partial charge >= 0.3 is 5.97 Å². The number of fused-ring (bicyclic) bond motifs is 1. The zero-order valence-corrected chi connectivity index (χ0v) is 16.3. The number of rotatable bonds is 4. The predicted molar refractivity (Wildman–Crippen MR) is 105 cm³/mol. The molecule has 0 N–H and O–H groups in total. The highest BCUT2D eigenvalue weighted by molar-refractivity contribution is 5.93. The lowest BCUT2D eigenvalue weighted by Gasteiger charge is -2.39. The molecule has 1 heterocycles. The van der Waals surface area contributed by atoms with Crippen LogP contribution in [-0.4, -0.2) is 19.6 Å². The summed E-state index contributed by atoms with van der Waals surface area (Å²) < 4.78 is 5.58. The molecule has 0 atom stereocenters. The van der Waals surface area contributed by atoms with Crippen LogP contribution < -0.4 is 4.90 Å². The van der Waals surface area contributed by atoms with E-state index < -0.39 is 0 Å². The Kier molecular flexibility index (Phi) is 5.56. The molecule has 0 aromatic heterocycles. The molecule has 0 spiro atoms. The standard InChI is InChI=1S/C22H29NO2/c1-8-17(10-9-15(2)3)25-21(24)18-14-19-20(13-16(18)4)23(7)12-11-22(19,5)6/h8-10,13-14H,2,11-12H2,1,3-7H3/b10-9-,17-8+. The molecule has 1 aliphatic heterocycles. The Labute approximate surface area is 151 Å². The van der Waals surface area contributed by atoms with E-state index in [1.54, 1.807) is 12.2 Å². The minimum Gasteiger partial charge on any atom is -0.423 e. The molecule has 0 radical (unpaired) electrons. The maximum atomic E-state index is 12.7. The van der Waals surface area contributed by atoms with Gasteiger partial charge in [-0.05, 0) is 68.0 Å². The van der Waals surface area contributed by atoms with E-state index in [0.29, 0.717) is 11.3 Å². The molecule has 2 rings (SSSR count). The number of nitrogens with zero attached hydrogens (tertiary/aromatic N) is 1. The van der Waals surface area contributed by atoms with Gasteiger partial charge in [-0.15, -0.1) is 0 Å². The van der Waals surface area contributed by atoms with Crippen LogP contribution in [0.15, 0.2) is 48.3 Å². The maximum Gasteiger partial charge on any atom is 0.343 e. The van der Waals surface area contributed by atoms with Gasteiger partial charge in [0.1, 0.15) is 5.76 Å². The number of allylic oxidation sites excluding steroid dienone is 4. The molecule has 1 aromatic rings. The van der Waals surface area contributed by atoms with Gasteiger partial charge in [-0.3, -0.25) is 0 Å². The Morgan fingerprint density at radius 3 is 2.60 bits per heavy atom.